The molecule has 0 bridgehead atoms. The fourth-order valence-corrected chi connectivity index (χ4v) is 1.24. The summed E-state index contributed by atoms with van der Waals surface area (Å²) in [6, 6.07) is 3.26. The molecule has 0 fully saturated rings. The highest BCUT2D eigenvalue weighted by molar-refractivity contribution is 5.81. The van der Waals surface area contributed by atoms with Crippen molar-refractivity contribution in [1.29, 1.82) is 0 Å². The highest BCUT2D eigenvalue weighted by Gasteiger charge is 2.06. The SMILES string of the molecule is O=c1[nH]ccc2cc(F)cc(F)c12. The van der Waals surface area contributed by atoms with Crippen LogP contribution in [0.15, 0.2) is 29.2 Å². The fourth-order valence-electron chi connectivity index (χ4n) is 1.24. The van der Waals surface area contributed by atoms with Crippen LogP contribution in [-0.4, -0.2) is 4.98 Å². The van der Waals surface area contributed by atoms with Crippen molar-refractivity contribution in [3.8, 4) is 0 Å². The van der Waals surface area contributed by atoms with Gasteiger partial charge >= 0.3 is 0 Å². The van der Waals surface area contributed by atoms with Crippen LogP contribution in [0.2, 0.25) is 0 Å². The molecule has 0 radical (unpaired) electrons. The standard InChI is InChI=1S/C9H5F2NO/c10-6-3-5-1-2-12-9(13)8(5)7(11)4-6/h1-4H,(H,12,13). The Morgan fingerprint density at radius 1 is 1.23 bits per heavy atom. The summed E-state index contributed by atoms with van der Waals surface area (Å²) in [5.41, 5.74) is -0.546. The van der Waals surface area contributed by atoms with Crippen LogP contribution in [0.1, 0.15) is 0 Å². The lowest BCUT2D eigenvalue weighted by Crippen LogP contribution is -2.06. The number of fused-ring (bicyclic) bond motifs is 1. The molecule has 1 aromatic carbocycles. The van der Waals surface area contributed by atoms with Gasteiger partial charge in [0.2, 0.25) is 0 Å². The molecule has 13 heavy (non-hydrogen) atoms. The van der Waals surface area contributed by atoms with Crippen LogP contribution in [0.4, 0.5) is 8.78 Å². The number of rotatable bonds is 0. The minimum absolute atomic E-state index is 0.107. The maximum atomic E-state index is 13.0. The summed E-state index contributed by atoms with van der Waals surface area (Å²) in [7, 11) is 0. The van der Waals surface area contributed by atoms with E-state index in [0.29, 0.717) is 6.07 Å². The van der Waals surface area contributed by atoms with Gasteiger partial charge in [0.05, 0.1) is 5.39 Å². The molecule has 1 heterocycles. The Labute approximate surface area is 71.8 Å². The lowest BCUT2D eigenvalue weighted by atomic mass is 10.1. The van der Waals surface area contributed by atoms with Crippen LogP contribution in [0.5, 0.6) is 0 Å². The van der Waals surface area contributed by atoms with Gasteiger partial charge in [0, 0.05) is 12.3 Å². The van der Waals surface area contributed by atoms with E-state index in [1.165, 1.54) is 12.3 Å². The summed E-state index contributed by atoms with van der Waals surface area (Å²) in [5.74, 6) is -1.52. The fraction of sp³-hybridized carbons (Fsp3) is 0. The number of pyridine rings is 1. The second kappa shape index (κ2) is 2.65. The van der Waals surface area contributed by atoms with Gasteiger partial charge in [0.15, 0.2) is 0 Å². The summed E-state index contributed by atoms with van der Waals surface area (Å²) >= 11 is 0. The van der Waals surface area contributed by atoms with Crippen LogP contribution in [0.25, 0.3) is 10.8 Å². The molecule has 66 valence electrons. The molecule has 2 nitrogen and oxygen atoms in total. The molecule has 0 aliphatic carbocycles. The highest BCUT2D eigenvalue weighted by atomic mass is 19.1. The van der Waals surface area contributed by atoms with E-state index in [1.807, 2.05) is 0 Å². The summed E-state index contributed by atoms with van der Waals surface area (Å²) in [4.78, 5) is 13.4. The van der Waals surface area contributed by atoms with Gasteiger partial charge in [0.1, 0.15) is 11.6 Å². The van der Waals surface area contributed by atoms with E-state index in [0.717, 1.165) is 6.07 Å². The topological polar surface area (TPSA) is 32.9 Å². The monoisotopic (exact) mass is 181 g/mol. The van der Waals surface area contributed by atoms with E-state index in [-0.39, 0.29) is 10.8 Å². The van der Waals surface area contributed by atoms with E-state index < -0.39 is 17.2 Å². The summed E-state index contributed by atoms with van der Waals surface area (Å²) in [6.45, 7) is 0. The summed E-state index contributed by atoms with van der Waals surface area (Å²) in [5, 5.41) is 0.158. The molecule has 0 saturated heterocycles. The van der Waals surface area contributed by atoms with Crippen LogP contribution < -0.4 is 5.56 Å². The third-order valence-corrected chi connectivity index (χ3v) is 1.79. The molecule has 0 saturated carbocycles. The summed E-state index contributed by atoms with van der Waals surface area (Å²) in [6.07, 6.45) is 1.35. The Morgan fingerprint density at radius 3 is 2.77 bits per heavy atom. The van der Waals surface area contributed by atoms with Gasteiger partial charge in [-0.15, -0.1) is 0 Å². The van der Waals surface area contributed by atoms with E-state index in [2.05, 4.69) is 4.98 Å². The number of aromatic amines is 1. The molecule has 0 unspecified atom stereocenters. The van der Waals surface area contributed by atoms with Gasteiger partial charge in [0.25, 0.3) is 5.56 Å². The number of hydrogen-bond acceptors (Lipinski definition) is 1. The number of nitrogens with one attached hydrogen (secondary N) is 1. The first-order valence-corrected chi connectivity index (χ1v) is 3.65. The van der Waals surface area contributed by atoms with Gasteiger partial charge in [-0.3, -0.25) is 4.79 Å². The third-order valence-electron chi connectivity index (χ3n) is 1.79. The molecule has 1 N–H and O–H groups in total. The van der Waals surface area contributed by atoms with Crippen LogP contribution in [0, 0.1) is 11.6 Å². The highest BCUT2D eigenvalue weighted by Crippen LogP contribution is 2.14. The molecule has 4 heteroatoms. The number of benzene rings is 1. The van der Waals surface area contributed by atoms with Gasteiger partial charge in [-0.2, -0.15) is 0 Å². The van der Waals surface area contributed by atoms with Crippen molar-refractivity contribution in [3.63, 3.8) is 0 Å². The van der Waals surface area contributed by atoms with Crippen LogP contribution in [0.3, 0.4) is 0 Å². The second-order valence-electron chi connectivity index (χ2n) is 2.66. The van der Waals surface area contributed by atoms with Crippen molar-refractivity contribution in [2.45, 2.75) is 0 Å². The maximum Gasteiger partial charge on any atom is 0.258 e. The molecule has 2 aromatic rings. The number of aromatic nitrogens is 1. The molecule has 0 aliphatic heterocycles. The van der Waals surface area contributed by atoms with Crippen molar-refractivity contribution in [2.24, 2.45) is 0 Å². The van der Waals surface area contributed by atoms with Gasteiger partial charge < -0.3 is 4.98 Å². The van der Waals surface area contributed by atoms with Crippen molar-refractivity contribution < 1.29 is 8.78 Å². The van der Waals surface area contributed by atoms with E-state index in [1.54, 1.807) is 0 Å². The molecular weight excluding hydrogens is 176 g/mol. The van der Waals surface area contributed by atoms with E-state index in [4.69, 9.17) is 0 Å². The molecule has 0 atom stereocenters. The van der Waals surface area contributed by atoms with E-state index >= 15 is 0 Å². The second-order valence-corrected chi connectivity index (χ2v) is 2.66. The quantitative estimate of drug-likeness (QED) is 0.660. The van der Waals surface area contributed by atoms with Gasteiger partial charge in [-0.05, 0) is 17.5 Å². The zero-order valence-electron chi connectivity index (χ0n) is 6.47. The number of halogens is 2. The van der Waals surface area contributed by atoms with Gasteiger partial charge in [-0.1, -0.05) is 0 Å². The van der Waals surface area contributed by atoms with Crippen LogP contribution >= 0.6 is 0 Å². The lowest BCUT2D eigenvalue weighted by Gasteiger charge is -1.97. The Bertz CT molecular complexity index is 518. The van der Waals surface area contributed by atoms with Crippen molar-refractivity contribution in [3.05, 3.63) is 46.4 Å². The Balaban J connectivity index is 3.03. The lowest BCUT2D eigenvalue weighted by molar-refractivity contribution is 0.591. The molecule has 1 aromatic heterocycles. The average Bonchev–Trinajstić information content (AvgIpc) is 2.02. The number of hydrogen-bond donors (Lipinski definition) is 1. The Kier molecular flexibility index (Phi) is 1.62. The Hall–Kier alpha value is -1.71. The number of H-pyrrole nitrogens is 1. The van der Waals surface area contributed by atoms with E-state index in [9.17, 15) is 13.6 Å². The van der Waals surface area contributed by atoms with Crippen molar-refractivity contribution in [1.82, 2.24) is 4.98 Å². The van der Waals surface area contributed by atoms with Crippen molar-refractivity contribution in [2.75, 3.05) is 0 Å². The normalized spacial score (nSPS) is 10.6. The predicted molar refractivity (Wildman–Crippen MR) is 44.5 cm³/mol. The molecular formula is C9H5F2NO. The average molecular weight is 181 g/mol. The first kappa shape index (κ1) is 7.91. The maximum absolute atomic E-state index is 13.0. The largest absolute Gasteiger partial charge is 0.328 e. The zero-order valence-corrected chi connectivity index (χ0v) is 6.47. The molecule has 2 rings (SSSR count). The minimum Gasteiger partial charge on any atom is -0.328 e. The third kappa shape index (κ3) is 1.20. The molecule has 0 aliphatic rings. The Morgan fingerprint density at radius 2 is 2.00 bits per heavy atom. The molecule has 0 spiro atoms. The minimum atomic E-state index is -0.836. The molecule has 0 amide bonds. The first-order valence-electron chi connectivity index (χ1n) is 3.65. The van der Waals surface area contributed by atoms with Gasteiger partial charge in [-0.25, -0.2) is 8.78 Å². The predicted octanol–water partition coefficient (Wildman–Crippen LogP) is 1.81. The smallest absolute Gasteiger partial charge is 0.258 e. The van der Waals surface area contributed by atoms with Crippen molar-refractivity contribution >= 4 is 10.8 Å². The first-order chi connectivity index (χ1) is 6.18. The summed E-state index contributed by atoms with van der Waals surface area (Å²) < 4.78 is 25.7. The van der Waals surface area contributed by atoms with Crippen LogP contribution in [-0.2, 0) is 0 Å². The zero-order chi connectivity index (χ0) is 9.42.